The Morgan fingerprint density at radius 1 is 1.45 bits per heavy atom. The van der Waals surface area contributed by atoms with Crippen LogP contribution in [0, 0.1) is 5.92 Å². The highest BCUT2D eigenvalue weighted by molar-refractivity contribution is 9.10. The van der Waals surface area contributed by atoms with Crippen molar-refractivity contribution in [2.45, 2.75) is 46.1 Å². The summed E-state index contributed by atoms with van der Waals surface area (Å²) in [5, 5.41) is 3.50. The van der Waals surface area contributed by atoms with Crippen LogP contribution >= 0.6 is 15.9 Å². The van der Waals surface area contributed by atoms with Gasteiger partial charge in [0.25, 0.3) is 0 Å². The maximum absolute atomic E-state index is 4.69. The molecule has 1 N–H and O–H groups in total. The van der Waals surface area contributed by atoms with Crippen LogP contribution in [0.15, 0.2) is 16.7 Å². The van der Waals surface area contributed by atoms with E-state index in [1.165, 1.54) is 37.1 Å². The molecule has 0 bridgehead atoms. The van der Waals surface area contributed by atoms with Gasteiger partial charge in [0.05, 0.1) is 0 Å². The van der Waals surface area contributed by atoms with Gasteiger partial charge >= 0.3 is 0 Å². The number of nitrogens with zero attached hydrogens (tertiary/aromatic N) is 2. The summed E-state index contributed by atoms with van der Waals surface area (Å²) in [5.74, 6) is 2.00. The Morgan fingerprint density at radius 3 is 3.05 bits per heavy atom. The number of hydrogen-bond acceptors (Lipinski definition) is 3. The number of anilines is 1. The second-order valence-corrected chi connectivity index (χ2v) is 6.59. The summed E-state index contributed by atoms with van der Waals surface area (Å²) in [6, 6.07) is 2.21. The Labute approximate surface area is 131 Å². The summed E-state index contributed by atoms with van der Waals surface area (Å²) < 4.78 is 1.07. The molecule has 1 aliphatic rings. The van der Waals surface area contributed by atoms with Crippen LogP contribution in [0.2, 0.25) is 0 Å². The monoisotopic (exact) mass is 339 g/mol. The van der Waals surface area contributed by atoms with Crippen LogP contribution in [0.4, 0.5) is 5.82 Å². The fourth-order valence-electron chi connectivity index (χ4n) is 2.88. The first-order valence-electron chi connectivity index (χ1n) is 7.84. The van der Waals surface area contributed by atoms with Gasteiger partial charge in [-0.3, -0.25) is 0 Å². The first-order valence-corrected chi connectivity index (χ1v) is 8.64. The maximum Gasteiger partial charge on any atom is 0.133 e. The number of aromatic nitrogens is 1. The van der Waals surface area contributed by atoms with Crippen molar-refractivity contribution in [1.82, 2.24) is 10.3 Å². The smallest absolute Gasteiger partial charge is 0.133 e. The van der Waals surface area contributed by atoms with Crippen molar-refractivity contribution in [1.29, 1.82) is 0 Å². The Hall–Kier alpha value is -0.610. The van der Waals surface area contributed by atoms with Crippen molar-refractivity contribution < 1.29 is 0 Å². The van der Waals surface area contributed by atoms with Gasteiger partial charge in [-0.15, -0.1) is 0 Å². The molecule has 1 atom stereocenters. The molecule has 1 aromatic heterocycles. The molecular formula is C16H26BrN3. The highest BCUT2D eigenvalue weighted by Gasteiger charge is 2.21. The van der Waals surface area contributed by atoms with Gasteiger partial charge in [-0.05, 0) is 53.7 Å². The van der Waals surface area contributed by atoms with Gasteiger partial charge in [0, 0.05) is 35.9 Å². The number of hydrogen-bond donors (Lipinski definition) is 1. The summed E-state index contributed by atoms with van der Waals surface area (Å²) >= 11 is 3.55. The molecule has 3 nitrogen and oxygen atoms in total. The Kier molecular flexibility index (Phi) is 6.30. The van der Waals surface area contributed by atoms with Crippen LogP contribution in [-0.2, 0) is 6.54 Å². The molecule has 1 aromatic rings. The normalized spacial score (nSPS) is 19.4. The van der Waals surface area contributed by atoms with Crippen LogP contribution in [0.25, 0.3) is 0 Å². The molecule has 1 fully saturated rings. The SMILES string of the molecule is CCCNCc1cc(Br)cnc1N1CCCC(CC)C1. The van der Waals surface area contributed by atoms with Gasteiger partial charge in [-0.2, -0.15) is 0 Å². The van der Waals surface area contributed by atoms with Crippen LogP contribution < -0.4 is 10.2 Å². The topological polar surface area (TPSA) is 28.2 Å². The predicted octanol–water partition coefficient (Wildman–Crippen LogP) is 3.97. The van der Waals surface area contributed by atoms with E-state index in [-0.39, 0.29) is 0 Å². The molecule has 0 amide bonds. The molecule has 20 heavy (non-hydrogen) atoms. The van der Waals surface area contributed by atoms with E-state index in [1.54, 1.807) is 0 Å². The predicted molar refractivity (Wildman–Crippen MR) is 89.2 cm³/mol. The minimum atomic E-state index is 0.825. The average molecular weight is 340 g/mol. The molecule has 1 saturated heterocycles. The maximum atomic E-state index is 4.69. The van der Waals surface area contributed by atoms with Gasteiger partial charge in [0.1, 0.15) is 5.82 Å². The van der Waals surface area contributed by atoms with E-state index in [9.17, 15) is 0 Å². The lowest BCUT2D eigenvalue weighted by molar-refractivity contribution is 0.402. The largest absolute Gasteiger partial charge is 0.356 e. The molecule has 0 aliphatic carbocycles. The first-order chi connectivity index (χ1) is 9.74. The lowest BCUT2D eigenvalue weighted by Crippen LogP contribution is -2.36. The van der Waals surface area contributed by atoms with E-state index < -0.39 is 0 Å². The average Bonchev–Trinajstić information content (AvgIpc) is 2.48. The van der Waals surface area contributed by atoms with Gasteiger partial charge < -0.3 is 10.2 Å². The van der Waals surface area contributed by atoms with Crippen molar-refractivity contribution in [3.63, 3.8) is 0 Å². The van der Waals surface area contributed by atoms with Crippen molar-refractivity contribution in [3.05, 3.63) is 22.3 Å². The van der Waals surface area contributed by atoms with Gasteiger partial charge in [-0.25, -0.2) is 4.98 Å². The fraction of sp³-hybridized carbons (Fsp3) is 0.688. The van der Waals surface area contributed by atoms with Crippen LogP contribution in [-0.4, -0.2) is 24.6 Å². The van der Waals surface area contributed by atoms with Crippen LogP contribution in [0.5, 0.6) is 0 Å². The van der Waals surface area contributed by atoms with Gasteiger partial charge in [0.15, 0.2) is 0 Å². The molecular weight excluding hydrogens is 314 g/mol. The second-order valence-electron chi connectivity index (χ2n) is 5.68. The summed E-state index contributed by atoms with van der Waals surface area (Å²) in [6.45, 7) is 8.76. The molecule has 0 spiro atoms. The van der Waals surface area contributed by atoms with E-state index in [2.05, 4.69) is 51.0 Å². The van der Waals surface area contributed by atoms with Crippen molar-refractivity contribution in [3.8, 4) is 0 Å². The third-order valence-corrected chi connectivity index (χ3v) is 4.48. The fourth-order valence-corrected chi connectivity index (χ4v) is 3.26. The molecule has 1 unspecified atom stereocenters. The summed E-state index contributed by atoms with van der Waals surface area (Å²) in [6.07, 6.45) is 7.02. The summed E-state index contributed by atoms with van der Waals surface area (Å²) in [5.41, 5.74) is 1.31. The van der Waals surface area contributed by atoms with Crippen molar-refractivity contribution in [2.75, 3.05) is 24.5 Å². The molecule has 2 rings (SSSR count). The molecule has 2 heterocycles. The number of pyridine rings is 1. The standard InChI is InChI=1S/C16H26BrN3/c1-3-7-18-10-14-9-15(17)11-19-16(14)20-8-5-6-13(4-2)12-20/h9,11,13,18H,3-8,10,12H2,1-2H3. The van der Waals surface area contributed by atoms with Crippen molar-refractivity contribution >= 4 is 21.7 Å². The molecule has 1 aliphatic heterocycles. The number of halogens is 1. The van der Waals surface area contributed by atoms with E-state index in [4.69, 9.17) is 0 Å². The minimum absolute atomic E-state index is 0.825. The second kappa shape index (κ2) is 7.99. The molecule has 112 valence electrons. The number of nitrogens with one attached hydrogen (secondary N) is 1. The Balaban J connectivity index is 2.12. The zero-order valence-electron chi connectivity index (χ0n) is 12.7. The van der Waals surface area contributed by atoms with Crippen LogP contribution in [0.3, 0.4) is 0 Å². The third kappa shape index (κ3) is 4.19. The van der Waals surface area contributed by atoms with E-state index >= 15 is 0 Å². The van der Waals surface area contributed by atoms with Crippen molar-refractivity contribution in [2.24, 2.45) is 5.92 Å². The molecule has 0 aromatic carbocycles. The lowest BCUT2D eigenvalue weighted by Gasteiger charge is -2.34. The number of piperidine rings is 1. The third-order valence-electron chi connectivity index (χ3n) is 4.05. The zero-order valence-corrected chi connectivity index (χ0v) is 14.2. The quantitative estimate of drug-likeness (QED) is 0.794. The van der Waals surface area contributed by atoms with E-state index in [0.29, 0.717) is 0 Å². The highest BCUT2D eigenvalue weighted by Crippen LogP contribution is 2.27. The highest BCUT2D eigenvalue weighted by atomic mass is 79.9. The van der Waals surface area contributed by atoms with Gasteiger partial charge in [-0.1, -0.05) is 20.3 Å². The van der Waals surface area contributed by atoms with Gasteiger partial charge in [0.2, 0.25) is 0 Å². The molecule has 0 saturated carbocycles. The molecule has 0 radical (unpaired) electrons. The van der Waals surface area contributed by atoms with E-state index in [1.807, 2.05) is 6.20 Å². The summed E-state index contributed by atoms with van der Waals surface area (Å²) in [7, 11) is 0. The molecule has 4 heteroatoms. The first kappa shape index (κ1) is 15.8. The zero-order chi connectivity index (χ0) is 14.4. The minimum Gasteiger partial charge on any atom is -0.356 e. The Bertz CT molecular complexity index is 422. The lowest BCUT2D eigenvalue weighted by atomic mass is 9.95. The Morgan fingerprint density at radius 2 is 2.30 bits per heavy atom. The summed E-state index contributed by atoms with van der Waals surface area (Å²) in [4.78, 5) is 7.17. The number of rotatable bonds is 6. The van der Waals surface area contributed by atoms with E-state index in [0.717, 1.165) is 36.6 Å². The van der Waals surface area contributed by atoms with Crippen LogP contribution in [0.1, 0.15) is 45.1 Å².